The topological polar surface area (TPSA) is 66.9 Å². The molecule has 0 aromatic heterocycles. The lowest BCUT2D eigenvalue weighted by molar-refractivity contribution is 0.0552. The smallest absolute Gasteiger partial charge is 0.410 e. The van der Waals surface area contributed by atoms with Gasteiger partial charge < -0.3 is 4.74 Å². The molecule has 2 fully saturated rings. The van der Waals surface area contributed by atoms with E-state index in [1.54, 1.807) is 24.3 Å². The van der Waals surface area contributed by atoms with Gasteiger partial charge in [0.25, 0.3) is 0 Å². The molecule has 0 N–H and O–H groups in total. The van der Waals surface area contributed by atoms with Crippen LogP contribution in [0.2, 0.25) is 0 Å². The van der Waals surface area contributed by atoms with Crippen LogP contribution in [0.5, 0.6) is 0 Å². The summed E-state index contributed by atoms with van der Waals surface area (Å²) in [6, 6.07) is 18.6. The maximum absolute atomic E-state index is 12.6. The molecule has 1 amide bonds. The zero-order valence-corrected chi connectivity index (χ0v) is 16.5. The van der Waals surface area contributed by atoms with E-state index in [-0.39, 0.29) is 11.8 Å². The van der Waals surface area contributed by atoms with Crippen LogP contribution >= 0.6 is 0 Å². The molecule has 0 radical (unpaired) electrons. The average molecular weight is 401 g/mol. The number of nitrogens with zero attached hydrogens (tertiary/aromatic N) is 2. The summed E-state index contributed by atoms with van der Waals surface area (Å²) in [6.07, 6.45) is 0.425. The van der Waals surface area contributed by atoms with Crippen LogP contribution < -0.4 is 0 Å². The monoisotopic (exact) mass is 400 g/mol. The molecule has 0 aliphatic carbocycles. The summed E-state index contributed by atoms with van der Waals surface area (Å²) in [5, 5.41) is 0. The summed E-state index contributed by atoms with van der Waals surface area (Å²) in [4.78, 5) is 16.5. The van der Waals surface area contributed by atoms with Gasteiger partial charge in [0.05, 0.1) is 16.2 Å². The molecule has 1 atom stereocenters. The Hall–Kier alpha value is -2.38. The Bertz CT molecular complexity index is 933. The predicted molar refractivity (Wildman–Crippen MR) is 106 cm³/mol. The number of piperazine rings is 1. The number of fused-ring (bicyclic) bond motifs is 1. The van der Waals surface area contributed by atoms with Gasteiger partial charge in [0, 0.05) is 32.6 Å². The van der Waals surface area contributed by atoms with Gasteiger partial charge in [-0.05, 0) is 17.7 Å². The number of amides is 1. The number of benzene rings is 2. The van der Waals surface area contributed by atoms with Crippen molar-refractivity contribution in [3.05, 3.63) is 66.2 Å². The highest BCUT2D eigenvalue weighted by Gasteiger charge is 2.50. The highest BCUT2D eigenvalue weighted by atomic mass is 32.2. The highest BCUT2D eigenvalue weighted by molar-refractivity contribution is 7.91. The fourth-order valence-corrected chi connectivity index (χ4v) is 5.41. The van der Waals surface area contributed by atoms with Crippen molar-refractivity contribution >= 4 is 15.9 Å². The van der Waals surface area contributed by atoms with E-state index in [0.717, 1.165) is 5.56 Å². The van der Waals surface area contributed by atoms with E-state index in [2.05, 4.69) is 17.0 Å². The Labute approximate surface area is 165 Å². The molecule has 4 rings (SSSR count). The van der Waals surface area contributed by atoms with Gasteiger partial charge in [0.15, 0.2) is 9.84 Å². The zero-order valence-electron chi connectivity index (χ0n) is 15.7. The van der Waals surface area contributed by atoms with E-state index in [1.807, 2.05) is 29.2 Å². The Morgan fingerprint density at radius 1 is 0.964 bits per heavy atom. The van der Waals surface area contributed by atoms with Crippen molar-refractivity contribution in [2.45, 2.75) is 16.9 Å². The molecule has 2 aromatic carbocycles. The lowest BCUT2D eigenvalue weighted by Gasteiger charge is -2.44. The third-order valence-electron chi connectivity index (χ3n) is 5.57. The first-order valence-electron chi connectivity index (χ1n) is 9.47. The minimum Gasteiger partial charge on any atom is -0.447 e. The molecule has 148 valence electrons. The zero-order chi connectivity index (χ0) is 19.6. The lowest BCUT2D eigenvalue weighted by Crippen LogP contribution is -2.62. The van der Waals surface area contributed by atoms with Crippen molar-refractivity contribution in [2.75, 3.05) is 38.5 Å². The van der Waals surface area contributed by atoms with E-state index in [9.17, 15) is 13.2 Å². The molecule has 2 saturated heterocycles. The number of carbonyl (C=O) groups excluding carboxylic acids is 1. The molecule has 0 saturated carbocycles. The van der Waals surface area contributed by atoms with Crippen molar-refractivity contribution in [3.63, 3.8) is 0 Å². The van der Waals surface area contributed by atoms with Crippen molar-refractivity contribution in [3.8, 4) is 0 Å². The van der Waals surface area contributed by atoms with Crippen LogP contribution in [0.25, 0.3) is 0 Å². The molecule has 6 nitrogen and oxygen atoms in total. The molecule has 2 aliphatic rings. The van der Waals surface area contributed by atoms with Gasteiger partial charge in [-0.2, -0.15) is 0 Å². The van der Waals surface area contributed by atoms with Gasteiger partial charge in [0.2, 0.25) is 0 Å². The van der Waals surface area contributed by atoms with Crippen LogP contribution in [0.3, 0.4) is 0 Å². The van der Waals surface area contributed by atoms with Crippen LogP contribution in [-0.2, 0) is 21.0 Å². The summed E-state index contributed by atoms with van der Waals surface area (Å²) in [6.45, 7) is 2.59. The second-order valence-electron chi connectivity index (χ2n) is 7.50. The van der Waals surface area contributed by atoms with Crippen LogP contribution in [0.15, 0.2) is 65.6 Å². The Balaban J connectivity index is 1.48. The second-order valence-corrected chi connectivity index (χ2v) is 9.61. The summed E-state index contributed by atoms with van der Waals surface area (Å²) >= 11 is 0. The summed E-state index contributed by atoms with van der Waals surface area (Å²) in [7, 11) is -3.32. The number of carbonyl (C=O) groups is 1. The van der Waals surface area contributed by atoms with Gasteiger partial charge in [-0.1, -0.05) is 48.5 Å². The quantitative estimate of drug-likeness (QED) is 0.744. The van der Waals surface area contributed by atoms with Gasteiger partial charge >= 0.3 is 6.09 Å². The molecule has 1 unspecified atom stereocenters. The normalized spacial score (nSPS) is 22.7. The molecular weight excluding hydrogens is 376 g/mol. The molecule has 0 spiro atoms. The molecule has 2 aromatic rings. The highest BCUT2D eigenvalue weighted by Crippen LogP contribution is 2.32. The van der Waals surface area contributed by atoms with E-state index in [4.69, 9.17) is 4.74 Å². The molecular formula is C21H24N2O4S. The number of rotatable bonds is 6. The van der Waals surface area contributed by atoms with Crippen LogP contribution in [0.1, 0.15) is 5.56 Å². The molecule has 2 heterocycles. The fraction of sp³-hybridized carbons (Fsp3) is 0.381. The summed E-state index contributed by atoms with van der Waals surface area (Å²) in [5.74, 6) is 0.0627. The Morgan fingerprint density at radius 2 is 1.64 bits per heavy atom. The van der Waals surface area contributed by atoms with Crippen molar-refractivity contribution in [2.24, 2.45) is 0 Å². The largest absolute Gasteiger partial charge is 0.447 e. The van der Waals surface area contributed by atoms with E-state index >= 15 is 0 Å². The Morgan fingerprint density at radius 3 is 2.36 bits per heavy atom. The minimum atomic E-state index is -3.32. The third-order valence-corrected chi connectivity index (χ3v) is 7.28. The molecule has 0 bridgehead atoms. The Kier molecular flexibility index (Phi) is 5.12. The predicted octanol–water partition coefficient (Wildman–Crippen LogP) is 2.21. The van der Waals surface area contributed by atoms with Gasteiger partial charge in [-0.25, -0.2) is 13.2 Å². The maximum atomic E-state index is 12.6. The van der Waals surface area contributed by atoms with Gasteiger partial charge in [-0.15, -0.1) is 0 Å². The van der Waals surface area contributed by atoms with Crippen LogP contribution in [0, 0.1) is 0 Å². The fourth-order valence-electron chi connectivity index (χ4n) is 4.11. The third kappa shape index (κ3) is 3.77. The number of sulfone groups is 1. The first kappa shape index (κ1) is 19.0. The van der Waals surface area contributed by atoms with E-state index in [1.165, 1.54) is 0 Å². The van der Waals surface area contributed by atoms with Gasteiger partial charge in [0.1, 0.15) is 6.61 Å². The summed E-state index contributed by atoms with van der Waals surface area (Å²) < 4.78 is 30.6. The van der Waals surface area contributed by atoms with Gasteiger partial charge in [-0.3, -0.25) is 9.80 Å². The number of hydrogen-bond donors (Lipinski definition) is 0. The first-order chi connectivity index (χ1) is 13.5. The van der Waals surface area contributed by atoms with E-state index in [0.29, 0.717) is 44.1 Å². The van der Waals surface area contributed by atoms with Crippen molar-refractivity contribution in [1.29, 1.82) is 0 Å². The number of cyclic esters (lactones) is 1. The van der Waals surface area contributed by atoms with E-state index < -0.39 is 15.4 Å². The average Bonchev–Trinajstić information content (AvgIpc) is 3.04. The molecule has 28 heavy (non-hydrogen) atoms. The SMILES string of the molecule is O=C1OCC2(Cc3ccccc3)CN(CCS(=O)(=O)c3ccccc3)CCN12. The van der Waals surface area contributed by atoms with Crippen molar-refractivity contribution < 1.29 is 17.9 Å². The number of hydrogen-bond acceptors (Lipinski definition) is 5. The first-order valence-corrected chi connectivity index (χ1v) is 11.1. The van der Waals surface area contributed by atoms with Crippen LogP contribution in [-0.4, -0.2) is 68.4 Å². The molecule has 2 aliphatic heterocycles. The maximum Gasteiger partial charge on any atom is 0.410 e. The number of ether oxygens (including phenoxy) is 1. The molecule has 7 heteroatoms. The second kappa shape index (κ2) is 7.56. The standard InChI is InChI=1S/C21H24N2O4S/c24-20-23-12-11-22(13-14-28(25,26)19-9-5-2-6-10-19)16-21(23,17-27-20)15-18-7-3-1-4-8-18/h1-10H,11-17H2. The summed E-state index contributed by atoms with van der Waals surface area (Å²) in [5.41, 5.74) is 0.706. The lowest BCUT2D eigenvalue weighted by atomic mass is 9.88. The van der Waals surface area contributed by atoms with Crippen molar-refractivity contribution in [1.82, 2.24) is 9.80 Å². The minimum absolute atomic E-state index is 0.0627. The van der Waals surface area contributed by atoms with Crippen LogP contribution in [0.4, 0.5) is 4.79 Å².